The zero-order chi connectivity index (χ0) is 4.83. The lowest BCUT2D eigenvalue weighted by Crippen LogP contribution is -1.31. The topological polar surface area (TPSA) is 0 Å². The first kappa shape index (κ1) is 7.40. The van der Waals surface area contributed by atoms with Gasteiger partial charge in [0, 0.05) is 0 Å². The lowest BCUT2D eigenvalue weighted by atomic mass is 12.0. The highest BCUT2D eigenvalue weighted by molar-refractivity contribution is 9.26. The minimum atomic E-state index is 1.78. The quantitative estimate of drug-likeness (QED) is 0.457. The molecular weight excluding hydrogens is 152 g/mol. The fourth-order valence-electron chi connectivity index (χ4n) is 0.0556. The van der Waals surface area contributed by atoms with Crippen molar-refractivity contribution < 1.29 is 0 Å². The summed E-state index contributed by atoms with van der Waals surface area (Å²) in [5.41, 5.74) is 0. The Hall–Kier alpha value is 1.40. The van der Waals surface area contributed by atoms with E-state index in [1.807, 2.05) is 0 Å². The maximum absolute atomic E-state index is 2.08. The van der Waals surface area contributed by atoms with Crippen molar-refractivity contribution in [2.75, 3.05) is 12.5 Å². The highest BCUT2D eigenvalue weighted by atomic mass is 33.7. The van der Waals surface area contributed by atoms with Crippen molar-refractivity contribution in [3.8, 4) is 0 Å². The normalized spacial score (nSPS) is 9.00. The number of hydrogen-bond acceptors (Lipinski definition) is 4. The van der Waals surface area contributed by atoms with Gasteiger partial charge in [0.1, 0.15) is 0 Å². The molecule has 0 fully saturated rings. The Bertz CT molecular complexity index is 17.5. The Morgan fingerprint density at radius 1 is 0.833 bits per heavy atom. The molecule has 0 aromatic carbocycles. The molecular formula is C2H6S4. The molecule has 38 valence electrons. The molecule has 0 bridgehead atoms. The van der Waals surface area contributed by atoms with Crippen LogP contribution in [0.25, 0.3) is 0 Å². The molecule has 0 atom stereocenters. The summed E-state index contributed by atoms with van der Waals surface area (Å²) in [6, 6.07) is 0. The van der Waals surface area contributed by atoms with Crippen LogP contribution >= 0.6 is 41.2 Å². The van der Waals surface area contributed by atoms with Gasteiger partial charge in [0.05, 0.1) is 0 Å². The van der Waals surface area contributed by atoms with Crippen molar-refractivity contribution in [1.82, 2.24) is 0 Å². The van der Waals surface area contributed by atoms with E-state index in [1.165, 1.54) is 0 Å². The standard InChI is InChI=1S/C2H6S4/c1-3-5-6-4-2/h1-2H3. The molecule has 0 nitrogen and oxygen atoms in total. The second-order valence-electron chi connectivity index (χ2n) is 0.469. The first-order valence-corrected chi connectivity index (χ1v) is 6.95. The van der Waals surface area contributed by atoms with Gasteiger partial charge >= 0.3 is 0 Å². The Morgan fingerprint density at radius 2 is 1.17 bits per heavy atom. The van der Waals surface area contributed by atoms with Gasteiger partial charge < -0.3 is 0 Å². The van der Waals surface area contributed by atoms with E-state index in [9.17, 15) is 0 Å². The molecule has 0 aliphatic heterocycles. The molecule has 0 radical (unpaired) electrons. The van der Waals surface area contributed by atoms with Crippen molar-refractivity contribution in [3.63, 3.8) is 0 Å². The Labute approximate surface area is 53.8 Å². The lowest BCUT2D eigenvalue weighted by molar-refractivity contribution is 2.54. The number of rotatable bonds is 3. The van der Waals surface area contributed by atoms with Crippen LogP contribution in [0.1, 0.15) is 0 Å². The smallest absolute Gasteiger partial charge is 0.00707 e. The van der Waals surface area contributed by atoms with E-state index in [-0.39, 0.29) is 0 Å². The van der Waals surface area contributed by atoms with Crippen molar-refractivity contribution in [3.05, 3.63) is 0 Å². The predicted octanol–water partition coefficient (Wildman–Crippen LogP) is 2.92. The third-order valence-corrected chi connectivity index (χ3v) is 5.92. The fourth-order valence-corrected chi connectivity index (χ4v) is 4.50. The molecule has 0 N–H and O–H groups in total. The van der Waals surface area contributed by atoms with Gasteiger partial charge in [-0.1, -0.05) is 21.6 Å². The minimum Gasteiger partial charge on any atom is -0.0852 e. The summed E-state index contributed by atoms with van der Waals surface area (Å²) in [7, 11) is 7.18. The van der Waals surface area contributed by atoms with Crippen LogP contribution < -0.4 is 0 Å². The first-order valence-electron chi connectivity index (χ1n) is 1.32. The third kappa shape index (κ3) is 5.40. The molecule has 6 heavy (non-hydrogen) atoms. The van der Waals surface area contributed by atoms with Crippen LogP contribution in [0.5, 0.6) is 0 Å². The van der Waals surface area contributed by atoms with Crippen molar-refractivity contribution >= 4 is 41.2 Å². The van der Waals surface area contributed by atoms with Gasteiger partial charge in [-0.2, -0.15) is 0 Å². The van der Waals surface area contributed by atoms with E-state index in [2.05, 4.69) is 12.5 Å². The molecule has 0 amide bonds. The van der Waals surface area contributed by atoms with Crippen LogP contribution in [0.2, 0.25) is 0 Å². The summed E-state index contributed by atoms with van der Waals surface area (Å²) in [5.74, 6) is 0. The minimum absolute atomic E-state index is 1.78. The Balaban J connectivity index is 2.34. The average molecular weight is 158 g/mol. The molecule has 0 unspecified atom stereocenters. The molecule has 4 heteroatoms. The lowest BCUT2D eigenvalue weighted by Gasteiger charge is -1.84. The van der Waals surface area contributed by atoms with E-state index < -0.39 is 0 Å². The van der Waals surface area contributed by atoms with E-state index >= 15 is 0 Å². The maximum atomic E-state index is 2.08. The van der Waals surface area contributed by atoms with Gasteiger partial charge in [0.2, 0.25) is 0 Å². The molecule has 0 aromatic heterocycles. The van der Waals surface area contributed by atoms with Gasteiger partial charge in [0.25, 0.3) is 0 Å². The molecule has 0 saturated heterocycles. The molecule has 0 rings (SSSR count). The molecule has 0 aliphatic rings. The van der Waals surface area contributed by atoms with Crippen LogP contribution in [-0.4, -0.2) is 12.5 Å². The van der Waals surface area contributed by atoms with Gasteiger partial charge in [-0.3, -0.25) is 0 Å². The van der Waals surface area contributed by atoms with E-state index in [0.29, 0.717) is 0 Å². The van der Waals surface area contributed by atoms with Crippen LogP contribution in [0.15, 0.2) is 0 Å². The Morgan fingerprint density at radius 3 is 1.33 bits per heavy atom. The van der Waals surface area contributed by atoms with Crippen molar-refractivity contribution in [1.29, 1.82) is 0 Å². The summed E-state index contributed by atoms with van der Waals surface area (Å²) in [5, 5.41) is 0. The second-order valence-corrected chi connectivity index (χ2v) is 6.67. The highest BCUT2D eigenvalue weighted by Gasteiger charge is 1.77. The van der Waals surface area contributed by atoms with Gasteiger partial charge in [-0.25, -0.2) is 0 Å². The van der Waals surface area contributed by atoms with Gasteiger partial charge in [0.15, 0.2) is 0 Å². The number of hydrogen-bond donors (Lipinski definition) is 0. The molecule has 0 aromatic rings. The summed E-state index contributed by atoms with van der Waals surface area (Å²) >= 11 is 0. The van der Waals surface area contributed by atoms with E-state index in [0.717, 1.165) is 0 Å². The fraction of sp³-hybridized carbons (Fsp3) is 1.00. The second kappa shape index (κ2) is 6.40. The predicted molar refractivity (Wildman–Crippen MR) is 42.2 cm³/mol. The summed E-state index contributed by atoms with van der Waals surface area (Å²) in [4.78, 5) is 0. The molecule has 0 aliphatic carbocycles. The summed E-state index contributed by atoms with van der Waals surface area (Å²) in [6.45, 7) is 0. The summed E-state index contributed by atoms with van der Waals surface area (Å²) < 4.78 is 0. The van der Waals surface area contributed by atoms with Gasteiger partial charge in [-0.05, 0) is 32.2 Å². The zero-order valence-corrected chi connectivity index (χ0v) is 6.90. The van der Waals surface area contributed by atoms with Crippen LogP contribution in [0.4, 0.5) is 0 Å². The van der Waals surface area contributed by atoms with Crippen LogP contribution in [-0.2, 0) is 0 Å². The maximum Gasteiger partial charge on any atom is -0.00707 e. The average Bonchev–Trinajstić information content (AvgIpc) is 1.61. The van der Waals surface area contributed by atoms with Crippen LogP contribution in [0, 0.1) is 0 Å². The van der Waals surface area contributed by atoms with E-state index in [1.54, 1.807) is 41.2 Å². The zero-order valence-electron chi connectivity index (χ0n) is 3.63. The highest BCUT2D eigenvalue weighted by Crippen LogP contribution is 2.39. The van der Waals surface area contributed by atoms with E-state index in [4.69, 9.17) is 0 Å². The van der Waals surface area contributed by atoms with Crippen molar-refractivity contribution in [2.24, 2.45) is 0 Å². The summed E-state index contributed by atoms with van der Waals surface area (Å²) in [6.07, 6.45) is 4.15. The van der Waals surface area contributed by atoms with Gasteiger partial charge in [-0.15, -0.1) is 0 Å². The molecule has 0 saturated carbocycles. The third-order valence-electron chi connectivity index (χ3n) is 0.164. The molecule has 0 spiro atoms. The van der Waals surface area contributed by atoms with Crippen LogP contribution in [0.3, 0.4) is 0 Å². The molecule has 0 heterocycles. The largest absolute Gasteiger partial charge is 0.0852 e. The Kier molecular flexibility index (Phi) is 7.89. The SMILES string of the molecule is CSSSSC. The first-order chi connectivity index (χ1) is 2.91. The van der Waals surface area contributed by atoms with Crippen molar-refractivity contribution in [2.45, 2.75) is 0 Å². The monoisotopic (exact) mass is 158 g/mol.